The number of nitrogens with one attached hydrogen (secondary N) is 1. The summed E-state index contributed by atoms with van der Waals surface area (Å²) in [5.74, 6) is 0.593. The summed E-state index contributed by atoms with van der Waals surface area (Å²) in [7, 11) is 0. The molecule has 1 aliphatic heterocycles. The zero-order valence-corrected chi connectivity index (χ0v) is 11.0. The van der Waals surface area contributed by atoms with E-state index < -0.39 is 0 Å². The molecule has 0 saturated carbocycles. The van der Waals surface area contributed by atoms with E-state index >= 15 is 0 Å². The Morgan fingerprint density at radius 3 is 2.40 bits per heavy atom. The minimum Gasteiger partial charge on any atom is -0.322 e. The lowest BCUT2D eigenvalue weighted by atomic mass is 10.1. The van der Waals surface area contributed by atoms with Gasteiger partial charge in [-0.2, -0.15) is 0 Å². The Morgan fingerprint density at radius 1 is 0.800 bits per heavy atom. The summed E-state index contributed by atoms with van der Waals surface area (Å²) in [6, 6.07) is 22.9. The molecule has 0 amide bonds. The molecule has 0 saturated heterocycles. The Kier molecular flexibility index (Phi) is 2.36. The van der Waals surface area contributed by atoms with Gasteiger partial charge in [-0.3, -0.25) is 5.41 Å². The first-order chi connectivity index (χ1) is 9.83. The van der Waals surface area contributed by atoms with Crippen LogP contribution < -0.4 is 4.90 Å². The van der Waals surface area contributed by atoms with E-state index in [4.69, 9.17) is 5.41 Å². The minimum absolute atomic E-state index is 0.593. The molecule has 0 radical (unpaired) electrons. The van der Waals surface area contributed by atoms with Crippen molar-refractivity contribution in [2.75, 3.05) is 4.90 Å². The molecule has 0 aliphatic carbocycles. The number of amidine groups is 1. The number of anilines is 1. The van der Waals surface area contributed by atoms with Gasteiger partial charge in [0, 0.05) is 11.3 Å². The molecule has 1 heterocycles. The molecule has 2 heteroatoms. The maximum Gasteiger partial charge on any atom is 0.133 e. The van der Waals surface area contributed by atoms with Gasteiger partial charge in [-0.15, -0.1) is 0 Å². The molecule has 0 fully saturated rings. The van der Waals surface area contributed by atoms with Crippen LogP contribution in [-0.4, -0.2) is 5.84 Å². The summed E-state index contributed by atoms with van der Waals surface area (Å²) < 4.78 is 0. The predicted molar refractivity (Wildman–Crippen MR) is 83.4 cm³/mol. The number of hydrogen-bond donors (Lipinski definition) is 1. The first kappa shape index (κ1) is 11.2. The molecule has 1 aliphatic rings. The van der Waals surface area contributed by atoms with Crippen molar-refractivity contribution in [2.45, 2.75) is 6.54 Å². The van der Waals surface area contributed by atoms with Crippen LogP contribution in [0.25, 0.3) is 10.8 Å². The van der Waals surface area contributed by atoms with Crippen LogP contribution in [0.2, 0.25) is 0 Å². The lowest BCUT2D eigenvalue weighted by Crippen LogP contribution is -2.22. The summed E-state index contributed by atoms with van der Waals surface area (Å²) in [4.78, 5) is 2.07. The van der Waals surface area contributed by atoms with E-state index in [1.807, 2.05) is 18.2 Å². The third kappa shape index (κ3) is 1.62. The van der Waals surface area contributed by atoms with Gasteiger partial charge in [-0.25, -0.2) is 0 Å². The molecular weight excluding hydrogens is 244 g/mol. The van der Waals surface area contributed by atoms with Crippen LogP contribution in [0.15, 0.2) is 66.7 Å². The minimum atomic E-state index is 0.593. The molecule has 0 bridgehead atoms. The molecular formula is C18H14N2. The summed E-state index contributed by atoms with van der Waals surface area (Å²) in [6.45, 7) is 0.785. The lowest BCUT2D eigenvalue weighted by molar-refractivity contribution is 1.05. The topological polar surface area (TPSA) is 27.1 Å². The molecule has 3 aromatic rings. The summed E-state index contributed by atoms with van der Waals surface area (Å²) in [5.41, 5.74) is 3.36. The maximum absolute atomic E-state index is 8.36. The molecule has 0 spiro atoms. The molecule has 96 valence electrons. The largest absolute Gasteiger partial charge is 0.322 e. The molecule has 2 nitrogen and oxygen atoms in total. The molecule has 0 atom stereocenters. The highest BCUT2D eigenvalue weighted by Gasteiger charge is 2.24. The number of benzene rings is 3. The molecule has 20 heavy (non-hydrogen) atoms. The normalized spacial score (nSPS) is 13.8. The Labute approximate surface area is 117 Å². The van der Waals surface area contributed by atoms with E-state index in [2.05, 4.69) is 53.4 Å². The van der Waals surface area contributed by atoms with E-state index in [0.29, 0.717) is 5.84 Å². The SMILES string of the molecule is N=C1c2ccccc2CN1c1ccc2ccccc2c1. The van der Waals surface area contributed by atoms with Crippen LogP contribution in [0.3, 0.4) is 0 Å². The van der Waals surface area contributed by atoms with E-state index in [-0.39, 0.29) is 0 Å². The number of fused-ring (bicyclic) bond motifs is 2. The summed E-state index contributed by atoms with van der Waals surface area (Å²) >= 11 is 0. The Balaban J connectivity index is 1.80. The van der Waals surface area contributed by atoms with Gasteiger partial charge in [0.1, 0.15) is 5.84 Å². The van der Waals surface area contributed by atoms with E-state index in [0.717, 1.165) is 17.8 Å². The van der Waals surface area contributed by atoms with Crippen LogP contribution in [0.4, 0.5) is 5.69 Å². The fraction of sp³-hybridized carbons (Fsp3) is 0.0556. The van der Waals surface area contributed by atoms with Crippen molar-refractivity contribution < 1.29 is 0 Å². The van der Waals surface area contributed by atoms with Crippen molar-refractivity contribution in [2.24, 2.45) is 0 Å². The fourth-order valence-electron chi connectivity index (χ4n) is 2.85. The van der Waals surface area contributed by atoms with Crippen LogP contribution in [-0.2, 0) is 6.54 Å². The zero-order chi connectivity index (χ0) is 13.5. The average Bonchev–Trinajstić information content (AvgIpc) is 2.84. The quantitative estimate of drug-likeness (QED) is 0.696. The third-order valence-corrected chi connectivity index (χ3v) is 3.92. The predicted octanol–water partition coefficient (Wildman–Crippen LogP) is 4.19. The van der Waals surface area contributed by atoms with Crippen molar-refractivity contribution in [1.82, 2.24) is 0 Å². The summed E-state index contributed by atoms with van der Waals surface area (Å²) in [5, 5.41) is 10.8. The monoisotopic (exact) mass is 258 g/mol. The van der Waals surface area contributed by atoms with Crippen molar-refractivity contribution in [3.05, 3.63) is 77.9 Å². The van der Waals surface area contributed by atoms with E-state index in [1.165, 1.54) is 16.3 Å². The molecule has 0 aromatic heterocycles. The first-order valence-corrected chi connectivity index (χ1v) is 6.76. The molecule has 0 unspecified atom stereocenters. The van der Waals surface area contributed by atoms with Crippen LogP contribution >= 0.6 is 0 Å². The molecule has 3 aromatic carbocycles. The second kappa shape index (κ2) is 4.20. The highest BCUT2D eigenvalue weighted by Crippen LogP contribution is 2.30. The van der Waals surface area contributed by atoms with Crippen molar-refractivity contribution >= 4 is 22.3 Å². The number of rotatable bonds is 1. The van der Waals surface area contributed by atoms with Gasteiger partial charge < -0.3 is 4.90 Å². The van der Waals surface area contributed by atoms with E-state index in [9.17, 15) is 0 Å². The van der Waals surface area contributed by atoms with Gasteiger partial charge in [0.05, 0.1) is 6.54 Å². The van der Waals surface area contributed by atoms with Gasteiger partial charge >= 0.3 is 0 Å². The van der Waals surface area contributed by atoms with E-state index in [1.54, 1.807) is 0 Å². The fourth-order valence-corrected chi connectivity index (χ4v) is 2.85. The van der Waals surface area contributed by atoms with Gasteiger partial charge in [0.15, 0.2) is 0 Å². The Hall–Kier alpha value is -2.61. The molecule has 1 N–H and O–H groups in total. The van der Waals surface area contributed by atoms with Crippen LogP contribution in [0.1, 0.15) is 11.1 Å². The second-order valence-corrected chi connectivity index (χ2v) is 5.12. The Bertz CT molecular complexity index is 820. The molecule has 4 rings (SSSR count). The second-order valence-electron chi connectivity index (χ2n) is 5.12. The highest BCUT2D eigenvalue weighted by atomic mass is 15.2. The van der Waals surface area contributed by atoms with Crippen molar-refractivity contribution in [1.29, 1.82) is 5.41 Å². The zero-order valence-electron chi connectivity index (χ0n) is 11.0. The van der Waals surface area contributed by atoms with Crippen LogP contribution in [0, 0.1) is 5.41 Å². The van der Waals surface area contributed by atoms with Gasteiger partial charge in [0.25, 0.3) is 0 Å². The Morgan fingerprint density at radius 2 is 1.55 bits per heavy atom. The first-order valence-electron chi connectivity index (χ1n) is 6.76. The van der Waals surface area contributed by atoms with Crippen molar-refractivity contribution in [3.63, 3.8) is 0 Å². The smallest absolute Gasteiger partial charge is 0.133 e. The van der Waals surface area contributed by atoms with Crippen LogP contribution in [0.5, 0.6) is 0 Å². The summed E-state index contributed by atoms with van der Waals surface area (Å²) in [6.07, 6.45) is 0. The highest BCUT2D eigenvalue weighted by molar-refractivity contribution is 6.12. The van der Waals surface area contributed by atoms with Crippen molar-refractivity contribution in [3.8, 4) is 0 Å². The van der Waals surface area contributed by atoms with Gasteiger partial charge in [-0.1, -0.05) is 54.6 Å². The van der Waals surface area contributed by atoms with Gasteiger partial charge in [-0.05, 0) is 28.5 Å². The van der Waals surface area contributed by atoms with Gasteiger partial charge in [0.2, 0.25) is 0 Å². The lowest BCUT2D eigenvalue weighted by Gasteiger charge is -2.18. The standard InChI is InChI=1S/C18H14N2/c19-18-17-8-4-3-7-15(17)12-20(18)16-10-9-13-5-1-2-6-14(13)11-16/h1-11,19H,12H2. The number of hydrogen-bond acceptors (Lipinski definition) is 1. The third-order valence-electron chi connectivity index (χ3n) is 3.92. The average molecular weight is 258 g/mol. The maximum atomic E-state index is 8.36. The number of nitrogens with zero attached hydrogens (tertiary/aromatic N) is 1.